The summed E-state index contributed by atoms with van der Waals surface area (Å²) in [5.74, 6) is 1.56. The minimum atomic E-state index is -0.944. The minimum Gasteiger partial charge on any atom is -0.494 e. The van der Waals surface area contributed by atoms with Crippen LogP contribution < -0.4 is 10.1 Å². The van der Waals surface area contributed by atoms with E-state index in [1.54, 1.807) is 0 Å². The van der Waals surface area contributed by atoms with Gasteiger partial charge in [0.05, 0.1) is 17.4 Å². The molecule has 0 aliphatic carbocycles. The van der Waals surface area contributed by atoms with Crippen LogP contribution in [0.15, 0.2) is 47.4 Å². The zero-order chi connectivity index (χ0) is 17.6. The molecule has 1 heterocycles. The van der Waals surface area contributed by atoms with E-state index in [0.717, 1.165) is 46.7 Å². The molecule has 0 fully saturated rings. The summed E-state index contributed by atoms with van der Waals surface area (Å²) in [6, 6.07) is 13.6. The van der Waals surface area contributed by atoms with Crippen molar-refractivity contribution in [2.45, 2.75) is 37.5 Å². The summed E-state index contributed by atoms with van der Waals surface area (Å²) in [6.07, 6.45) is 3.02. The van der Waals surface area contributed by atoms with Crippen LogP contribution in [0, 0.1) is 6.92 Å². The maximum Gasteiger partial charge on any atom is 0.224 e. The molecule has 1 amide bonds. The fourth-order valence-corrected chi connectivity index (χ4v) is 4.24. The molecule has 25 heavy (non-hydrogen) atoms. The molecule has 0 radical (unpaired) electrons. The molecule has 5 heteroatoms. The molecule has 0 aromatic heterocycles. The first-order chi connectivity index (χ1) is 12.1. The van der Waals surface area contributed by atoms with E-state index in [2.05, 4.69) is 5.32 Å². The Morgan fingerprint density at radius 1 is 1.12 bits per heavy atom. The molecule has 1 aliphatic rings. The van der Waals surface area contributed by atoms with Gasteiger partial charge in [-0.05, 0) is 61.6 Å². The number of amides is 1. The van der Waals surface area contributed by atoms with Gasteiger partial charge in [-0.15, -0.1) is 0 Å². The second kappa shape index (κ2) is 8.30. The maximum absolute atomic E-state index is 12.3. The highest BCUT2D eigenvalue weighted by Gasteiger charge is 2.15. The van der Waals surface area contributed by atoms with E-state index < -0.39 is 10.8 Å². The van der Waals surface area contributed by atoms with Gasteiger partial charge in [0.25, 0.3) is 0 Å². The summed E-state index contributed by atoms with van der Waals surface area (Å²) in [7, 11) is -0.944. The predicted molar refractivity (Wildman–Crippen MR) is 101 cm³/mol. The third-order valence-corrected chi connectivity index (χ3v) is 5.91. The summed E-state index contributed by atoms with van der Waals surface area (Å²) in [5.41, 5.74) is 3.09. The minimum absolute atomic E-state index is 0.0721. The number of anilines is 1. The summed E-state index contributed by atoms with van der Waals surface area (Å²) >= 11 is 0. The van der Waals surface area contributed by atoms with Crippen LogP contribution in [0.1, 0.15) is 30.4 Å². The van der Waals surface area contributed by atoms with E-state index in [1.165, 1.54) is 0 Å². The highest BCUT2D eigenvalue weighted by molar-refractivity contribution is 7.85. The molecule has 1 N–H and O–H groups in total. The van der Waals surface area contributed by atoms with Crippen LogP contribution in [0.25, 0.3) is 0 Å². The quantitative estimate of drug-likeness (QED) is 0.766. The molecule has 132 valence electrons. The Labute approximate surface area is 151 Å². The van der Waals surface area contributed by atoms with Crippen molar-refractivity contribution in [3.63, 3.8) is 0 Å². The molecule has 4 nitrogen and oxygen atoms in total. The smallest absolute Gasteiger partial charge is 0.224 e. The highest BCUT2D eigenvalue weighted by Crippen LogP contribution is 2.26. The lowest BCUT2D eigenvalue weighted by Crippen LogP contribution is -2.18. The second-order valence-electron chi connectivity index (χ2n) is 6.24. The summed E-state index contributed by atoms with van der Waals surface area (Å²) in [6.45, 7) is 2.60. The van der Waals surface area contributed by atoms with Crippen molar-refractivity contribution in [1.82, 2.24) is 0 Å². The van der Waals surface area contributed by atoms with Crippen LogP contribution in [0.3, 0.4) is 0 Å². The Hall–Kier alpha value is -2.14. The van der Waals surface area contributed by atoms with Crippen molar-refractivity contribution >= 4 is 22.4 Å². The number of rotatable bonds is 7. The van der Waals surface area contributed by atoms with E-state index >= 15 is 0 Å². The third kappa shape index (κ3) is 4.69. The van der Waals surface area contributed by atoms with E-state index in [-0.39, 0.29) is 5.91 Å². The van der Waals surface area contributed by atoms with Crippen LogP contribution in [-0.4, -0.2) is 22.5 Å². The lowest BCUT2D eigenvalue weighted by atomic mass is 10.0. The highest BCUT2D eigenvalue weighted by atomic mass is 32.2. The van der Waals surface area contributed by atoms with Gasteiger partial charge in [-0.3, -0.25) is 9.00 Å². The Morgan fingerprint density at radius 2 is 1.96 bits per heavy atom. The molecule has 0 spiro atoms. The van der Waals surface area contributed by atoms with E-state index in [1.807, 2.05) is 49.4 Å². The molecule has 3 rings (SSSR count). The molecule has 1 atom stereocenters. The van der Waals surface area contributed by atoms with Crippen LogP contribution >= 0.6 is 0 Å². The predicted octanol–water partition coefficient (Wildman–Crippen LogP) is 3.85. The molecular weight excluding hydrogens is 334 g/mol. The first-order valence-electron chi connectivity index (χ1n) is 8.63. The SMILES string of the molecule is Cc1ccccc1S(=O)CCCCOc1ccc2c(c1)CCC(=O)N2. The number of nitrogens with one attached hydrogen (secondary N) is 1. The van der Waals surface area contributed by atoms with E-state index in [0.29, 0.717) is 18.8 Å². The lowest BCUT2D eigenvalue weighted by molar-refractivity contribution is -0.116. The average Bonchev–Trinajstić information content (AvgIpc) is 2.61. The number of unbranched alkanes of at least 4 members (excludes halogenated alkanes) is 1. The van der Waals surface area contributed by atoms with Crippen molar-refractivity contribution in [1.29, 1.82) is 0 Å². The molecule has 1 aliphatic heterocycles. The van der Waals surface area contributed by atoms with Gasteiger partial charge >= 0.3 is 0 Å². The van der Waals surface area contributed by atoms with Crippen molar-refractivity contribution in [2.24, 2.45) is 0 Å². The van der Waals surface area contributed by atoms with Gasteiger partial charge in [0.2, 0.25) is 5.91 Å². The van der Waals surface area contributed by atoms with Gasteiger partial charge in [-0.2, -0.15) is 0 Å². The lowest BCUT2D eigenvalue weighted by Gasteiger charge is -2.17. The maximum atomic E-state index is 12.3. The fraction of sp³-hybridized carbons (Fsp3) is 0.350. The van der Waals surface area contributed by atoms with E-state index in [9.17, 15) is 9.00 Å². The van der Waals surface area contributed by atoms with Crippen LogP contribution in [0.5, 0.6) is 5.75 Å². The summed E-state index contributed by atoms with van der Waals surface area (Å²) in [5, 5.41) is 2.87. The fourth-order valence-electron chi connectivity index (χ4n) is 2.90. The topological polar surface area (TPSA) is 55.4 Å². The number of aryl methyl sites for hydroxylation is 2. The third-order valence-electron chi connectivity index (χ3n) is 4.30. The zero-order valence-electron chi connectivity index (χ0n) is 14.4. The Bertz CT molecular complexity index is 788. The first kappa shape index (κ1) is 17.7. The van der Waals surface area contributed by atoms with Gasteiger partial charge in [0, 0.05) is 22.8 Å². The van der Waals surface area contributed by atoms with Gasteiger partial charge < -0.3 is 10.1 Å². The first-order valence-corrected chi connectivity index (χ1v) is 9.95. The van der Waals surface area contributed by atoms with Gasteiger partial charge in [-0.1, -0.05) is 18.2 Å². The van der Waals surface area contributed by atoms with Crippen LogP contribution in [-0.2, 0) is 22.0 Å². The molecular formula is C20H23NO3S. The molecule has 0 saturated carbocycles. The van der Waals surface area contributed by atoms with E-state index in [4.69, 9.17) is 4.74 Å². The normalized spacial score (nSPS) is 14.5. The number of benzene rings is 2. The number of hydrogen-bond donors (Lipinski definition) is 1. The molecule has 0 saturated heterocycles. The molecule has 1 unspecified atom stereocenters. The van der Waals surface area contributed by atoms with Crippen molar-refractivity contribution in [3.05, 3.63) is 53.6 Å². The Morgan fingerprint density at radius 3 is 2.80 bits per heavy atom. The largest absolute Gasteiger partial charge is 0.494 e. The van der Waals surface area contributed by atoms with Crippen molar-refractivity contribution in [2.75, 3.05) is 17.7 Å². The van der Waals surface area contributed by atoms with Crippen LogP contribution in [0.2, 0.25) is 0 Å². The molecule has 2 aromatic rings. The van der Waals surface area contributed by atoms with Gasteiger partial charge in [0.1, 0.15) is 5.75 Å². The Kier molecular flexibility index (Phi) is 5.87. The molecule has 2 aromatic carbocycles. The monoisotopic (exact) mass is 357 g/mol. The van der Waals surface area contributed by atoms with Crippen LogP contribution in [0.4, 0.5) is 5.69 Å². The molecule has 0 bridgehead atoms. The number of fused-ring (bicyclic) bond motifs is 1. The van der Waals surface area contributed by atoms with Gasteiger partial charge in [0.15, 0.2) is 0 Å². The summed E-state index contributed by atoms with van der Waals surface area (Å²) in [4.78, 5) is 12.3. The van der Waals surface area contributed by atoms with Crippen molar-refractivity contribution in [3.8, 4) is 5.75 Å². The Balaban J connectivity index is 1.42. The standard InChI is InChI=1S/C20H23NO3S/c1-15-6-2-3-7-19(15)25(23)13-5-4-12-24-17-9-10-18-16(14-17)8-11-20(22)21-18/h2-3,6-7,9-10,14H,4-5,8,11-13H2,1H3,(H,21,22). The average molecular weight is 357 g/mol. The number of hydrogen-bond acceptors (Lipinski definition) is 3. The zero-order valence-corrected chi connectivity index (χ0v) is 15.2. The number of carbonyl (C=O) groups excluding carboxylic acids is 1. The van der Waals surface area contributed by atoms with Gasteiger partial charge in [-0.25, -0.2) is 0 Å². The number of carbonyl (C=O) groups is 1. The second-order valence-corrected chi connectivity index (χ2v) is 7.78. The number of ether oxygens (including phenoxy) is 1. The van der Waals surface area contributed by atoms with Crippen molar-refractivity contribution < 1.29 is 13.7 Å². The summed E-state index contributed by atoms with van der Waals surface area (Å²) < 4.78 is 18.1.